The average molecular weight is 290 g/mol. The molecule has 4 nitrogen and oxygen atoms in total. The Hall–Kier alpha value is 1.26. The molecule has 3 N–H and O–H groups in total. The van der Waals surface area contributed by atoms with Crippen molar-refractivity contribution in [3.8, 4) is 0 Å². The van der Waals surface area contributed by atoms with E-state index in [9.17, 15) is 4.79 Å². The molecule has 0 aliphatic carbocycles. The zero-order valence-corrected chi connectivity index (χ0v) is 16.9. The first kappa shape index (κ1) is 25.2. The van der Waals surface area contributed by atoms with Gasteiger partial charge in [-0.1, -0.05) is 51.9 Å². The summed E-state index contributed by atoms with van der Waals surface area (Å²) in [5.74, 6) is -0.194. The minimum Gasteiger partial charge on any atom is -1.00 e. The van der Waals surface area contributed by atoms with Gasteiger partial charge < -0.3 is 13.7 Å². The van der Waals surface area contributed by atoms with Crippen LogP contribution >= 0.6 is 0 Å². The number of nitrogens with zero attached hydrogens (tertiary/aromatic N) is 1. The molecule has 0 aromatic rings. The van der Waals surface area contributed by atoms with Gasteiger partial charge in [-0.15, -0.1) is 0 Å². The van der Waals surface area contributed by atoms with Crippen molar-refractivity contribution in [2.75, 3.05) is 0 Å². The standard InChI is InChI=1S/C13H26N2O2.2Na.2H/c1-2-3-4-5-6-7-8-9-10-13(17)15-11-12(14)16;;;;/h11-12,16H,2-10,14H2,1H3;;;;/q;2*+1;2*-1. The molecule has 0 heterocycles. The molecule has 19 heavy (non-hydrogen) atoms. The number of nitrogens with two attached hydrogens (primary N) is 1. The van der Waals surface area contributed by atoms with Crippen molar-refractivity contribution >= 4 is 12.1 Å². The fourth-order valence-corrected chi connectivity index (χ4v) is 1.63. The molecule has 0 saturated heterocycles. The number of aliphatic hydroxyl groups excluding tert-OH is 1. The number of rotatable bonds is 10. The van der Waals surface area contributed by atoms with Gasteiger partial charge in [0, 0.05) is 6.42 Å². The molecule has 0 saturated carbocycles. The minimum absolute atomic E-state index is 0. The summed E-state index contributed by atoms with van der Waals surface area (Å²) in [6.07, 6.45) is 10.1. The molecule has 104 valence electrons. The zero-order valence-electron chi connectivity index (χ0n) is 14.9. The second-order valence-electron chi connectivity index (χ2n) is 4.39. The van der Waals surface area contributed by atoms with E-state index in [4.69, 9.17) is 10.8 Å². The van der Waals surface area contributed by atoms with Crippen LogP contribution in [-0.2, 0) is 4.79 Å². The third-order valence-electron chi connectivity index (χ3n) is 2.62. The number of aliphatic imine (C=N–C) groups is 1. The van der Waals surface area contributed by atoms with Crippen LogP contribution in [-0.4, -0.2) is 23.5 Å². The molecule has 0 bridgehead atoms. The van der Waals surface area contributed by atoms with Gasteiger partial charge in [-0.2, -0.15) is 0 Å². The molecule has 1 amide bonds. The van der Waals surface area contributed by atoms with E-state index in [1.165, 1.54) is 38.5 Å². The van der Waals surface area contributed by atoms with Crippen molar-refractivity contribution in [2.45, 2.75) is 70.9 Å². The van der Waals surface area contributed by atoms with Crippen LogP contribution in [0.2, 0.25) is 0 Å². The summed E-state index contributed by atoms with van der Waals surface area (Å²) in [5, 5.41) is 8.69. The molecule has 0 fully saturated rings. The Balaban J connectivity index is -0.000000213. The molecule has 6 heteroatoms. The fourth-order valence-electron chi connectivity index (χ4n) is 1.63. The van der Waals surface area contributed by atoms with E-state index in [1.54, 1.807) is 0 Å². The number of aliphatic hydroxyl groups is 1. The van der Waals surface area contributed by atoms with E-state index in [2.05, 4.69) is 11.9 Å². The van der Waals surface area contributed by atoms with Crippen LogP contribution < -0.4 is 64.8 Å². The van der Waals surface area contributed by atoms with Gasteiger partial charge in [0.05, 0.1) is 6.21 Å². The zero-order chi connectivity index (χ0) is 12.9. The van der Waals surface area contributed by atoms with Gasteiger partial charge in [0.25, 0.3) is 0 Å². The molecule has 0 radical (unpaired) electrons. The normalized spacial score (nSPS) is 11.7. The number of amides is 1. The van der Waals surface area contributed by atoms with Crippen molar-refractivity contribution in [1.82, 2.24) is 0 Å². The second kappa shape index (κ2) is 19.3. The van der Waals surface area contributed by atoms with E-state index in [0.29, 0.717) is 6.42 Å². The molecule has 0 spiro atoms. The van der Waals surface area contributed by atoms with Gasteiger partial charge in [-0.3, -0.25) is 4.79 Å². The maximum atomic E-state index is 11.2. The first-order chi connectivity index (χ1) is 8.16. The van der Waals surface area contributed by atoms with E-state index < -0.39 is 6.23 Å². The number of hydrogen-bond donors (Lipinski definition) is 2. The first-order valence-electron chi connectivity index (χ1n) is 6.67. The van der Waals surface area contributed by atoms with Crippen molar-refractivity contribution in [3.63, 3.8) is 0 Å². The van der Waals surface area contributed by atoms with Crippen molar-refractivity contribution in [1.29, 1.82) is 0 Å². The summed E-state index contributed by atoms with van der Waals surface area (Å²) in [5.41, 5.74) is 5.03. The van der Waals surface area contributed by atoms with Gasteiger partial charge in [0.15, 0.2) is 0 Å². The maximum Gasteiger partial charge on any atom is 1.00 e. The van der Waals surface area contributed by atoms with E-state index >= 15 is 0 Å². The smallest absolute Gasteiger partial charge is 1.00 e. The summed E-state index contributed by atoms with van der Waals surface area (Å²) in [6.45, 7) is 2.21. The average Bonchev–Trinajstić information content (AvgIpc) is 2.30. The SMILES string of the molecule is CCCCCCCCCCC(=O)N=CC(N)O.[H-].[H-].[Na+].[Na+]. The van der Waals surface area contributed by atoms with E-state index in [0.717, 1.165) is 19.1 Å². The third-order valence-corrected chi connectivity index (χ3v) is 2.62. The first-order valence-corrected chi connectivity index (χ1v) is 6.67. The van der Waals surface area contributed by atoms with Crippen LogP contribution in [0.4, 0.5) is 0 Å². The predicted octanol–water partition coefficient (Wildman–Crippen LogP) is -3.38. The molecule has 0 aliphatic heterocycles. The van der Waals surface area contributed by atoms with Crippen LogP contribution in [0.25, 0.3) is 0 Å². The monoisotopic (exact) mass is 290 g/mol. The molecule has 0 aromatic heterocycles. The number of carbonyl (C=O) groups excluding carboxylic acids is 1. The third kappa shape index (κ3) is 21.7. The van der Waals surface area contributed by atoms with Crippen molar-refractivity contribution in [2.24, 2.45) is 10.7 Å². The number of unbranched alkanes of at least 4 members (excludes halogenated alkanes) is 7. The van der Waals surface area contributed by atoms with Gasteiger partial charge in [-0.25, -0.2) is 4.99 Å². The molecule has 1 unspecified atom stereocenters. The molecule has 0 rings (SSSR count). The molecule has 0 aromatic carbocycles. The van der Waals surface area contributed by atoms with Crippen LogP contribution in [0.3, 0.4) is 0 Å². The maximum absolute atomic E-state index is 11.2. The van der Waals surface area contributed by atoms with Crippen molar-refractivity contribution in [3.05, 3.63) is 0 Å². The molecule has 0 aliphatic rings. The Morgan fingerprint density at radius 2 is 1.63 bits per heavy atom. The molecular weight excluding hydrogens is 262 g/mol. The van der Waals surface area contributed by atoms with Gasteiger partial charge in [-0.05, 0) is 6.42 Å². The van der Waals surface area contributed by atoms with Crippen LogP contribution in [0.15, 0.2) is 4.99 Å². The quantitative estimate of drug-likeness (QED) is 0.191. The summed E-state index contributed by atoms with van der Waals surface area (Å²) in [6, 6.07) is 0. The van der Waals surface area contributed by atoms with Crippen LogP contribution in [0.5, 0.6) is 0 Å². The summed E-state index contributed by atoms with van der Waals surface area (Å²) in [7, 11) is 0. The Labute approximate surface area is 164 Å². The Morgan fingerprint density at radius 1 is 1.16 bits per heavy atom. The summed E-state index contributed by atoms with van der Waals surface area (Å²) in [4.78, 5) is 14.7. The molecule has 1 atom stereocenters. The predicted molar refractivity (Wildman–Crippen MR) is 73.1 cm³/mol. The Bertz CT molecular complexity index is 234. The Kier molecular flexibility index (Phi) is 25.6. The van der Waals surface area contributed by atoms with Gasteiger partial charge in [0.1, 0.15) is 6.23 Å². The summed E-state index contributed by atoms with van der Waals surface area (Å²) >= 11 is 0. The van der Waals surface area contributed by atoms with Crippen LogP contribution in [0.1, 0.15) is 67.6 Å². The number of hydrogen-bond acceptors (Lipinski definition) is 3. The number of carbonyl (C=O) groups is 1. The van der Waals surface area contributed by atoms with E-state index in [1.807, 2.05) is 0 Å². The molecular formula is C13H28N2Na2O2. The van der Waals surface area contributed by atoms with Crippen LogP contribution in [0, 0.1) is 0 Å². The van der Waals surface area contributed by atoms with Gasteiger partial charge >= 0.3 is 59.1 Å². The van der Waals surface area contributed by atoms with E-state index in [-0.39, 0.29) is 67.9 Å². The largest absolute Gasteiger partial charge is 1.00 e. The Morgan fingerprint density at radius 3 is 2.11 bits per heavy atom. The fraction of sp³-hybridized carbons (Fsp3) is 0.846. The minimum atomic E-state index is -1.13. The topological polar surface area (TPSA) is 75.7 Å². The second-order valence-corrected chi connectivity index (χ2v) is 4.39. The van der Waals surface area contributed by atoms with Crippen molar-refractivity contribution < 1.29 is 71.9 Å². The van der Waals surface area contributed by atoms with Gasteiger partial charge in [0.2, 0.25) is 5.91 Å². The summed E-state index contributed by atoms with van der Waals surface area (Å²) < 4.78 is 0.